The highest BCUT2D eigenvalue weighted by atomic mass is 35.5. The standard InChI is InChI=1S/C11H16ClN7O/c1-3-18(4-2)5-6-20-11-16-9(12)15-10(17-11)19-8-13-7-14-19/h7-8H,3-6H2,1-2H3. The van der Waals surface area contributed by atoms with Crippen molar-refractivity contribution in [3.05, 3.63) is 17.9 Å². The van der Waals surface area contributed by atoms with Gasteiger partial charge in [0.05, 0.1) is 0 Å². The minimum Gasteiger partial charge on any atom is -0.462 e. The molecule has 108 valence electrons. The van der Waals surface area contributed by atoms with Crippen molar-refractivity contribution in [1.29, 1.82) is 0 Å². The molecule has 2 aromatic rings. The Balaban J connectivity index is 2.02. The molecule has 8 nitrogen and oxygen atoms in total. The average molecular weight is 298 g/mol. The maximum Gasteiger partial charge on any atom is 0.322 e. The Kier molecular flexibility index (Phi) is 5.19. The topological polar surface area (TPSA) is 81.9 Å². The molecule has 0 saturated carbocycles. The predicted octanol–water partition coefficient (Wildman–Crippen LogP) is 0.826. The molecule has 0 bridgehead atoms. The van der Waals surface area contributed by atoms with Crippen molar-refractivity contribution in [1.82, 2.24) is 34.6 Å². The van der Waals surface area contributed by atoms with Gasteiger partial charge in [-0.1, -0.05) is 13.8 Å². The maximum absolute atomic E-state index is 5.85. The first kappa shape index (κ1) is 14.6. The van der Waals surface area contributed by atoms with Crippen LogP contribution in [0.2, 0.25) is 5.28 Å². The molecule has 0 atom stereocenters. The number of hydrogen-bond donors (Lipinski definition) is 0. The molecule has 2 aromatic heterocycles. The summed E-state index contributed by atoms with van der Waals surface area (Å²) in [5.41, 5.74) is 0. The van der Waals surface area contributed by atoms with Gasteiger partial charge in [0.2, 0.25) is 5.28 Å². The second kappa shape index (κ2) is 7.11. The maximum atomic E-state index is 5.85. The van der Waals surface area contributed by atoms with E-state index in [4.69, 9.17) is 16.3 Å². The largest absolute Gasteiger partial charge is 0.462 e. The van der Waals surface area contributed by atoms with E-state index in [1.54, 1.807) is 0 Å². The summed E-state index contributed by atoms with van der Waals surface area (Å²) in [4.78, 5) is 18.1. The van der Waals surface area contributed by atoms with Gasteiger partial charge in [-0.3, -0.25) is 0 Å². The second-order valence-electron chi connectivity index (χ2n) is 3.90. The molecule has 0 unspecified atom stereocenters. The van der Waals surface area contributed by atoms with E-state index in [1.807, 2.05) is 0 Å². The summed E-state index contributed by atoms with van der Waals surface area (Å²) in [5.74, 6) is 0.278. The van der Waals surface area contributed by atoms with E-state index in [0.717, 1.165) is 19.6 Å². The molecule has 20 heavy (non-hydrogen) atoms. The van der Waals surface area contributed by atoms with Crippen molar-refractivity contribution in [3.63, 3.8) is 0 Å². The fourth-order valence-electron chi connectivity index (χ4n) is 1.61. The van der Waals surface area contributed by atoms with Crippen LogP contribution in [0.1, 0.15) is 13.8 Å². The molecular formula is C11H16ClN7O. The van der Waals surface area contributed by atoms with Crippen LogP contribution in [-0.2, 0) is 0 Å². The predicted molar refractivity (Wildman–Crippen MR) is 73.0 cm³/mol. The van der Waals surface area contributed by atoms with E-state index in [0.29, 0.717) is 6.61 Å². The fourth-order valence-corrected chi connectivity index (χ4v) is 1.75. The van der Waals surface area contributed by atoms with E-state index in [2.05, 4.69) is 43.8 Å². The van der Waals surface area contributed by atoms with Gasteiger partial charge in [-0.25, -0.2) is 4.98 Å². The molecule has 0 aliphatic carbocycles. The highest BCUT2D eigenvalue weighted by Gasteiger charge is 2.09. The lowest BCUT2D eigenvalue weighted by Gasteiger charge is -2.17. The van der Waals surface area contributed by atoms with Gasteiger partial charge in [-0.2, -0.15) is 24.7 Å². The van der Waals surface area contributed by atoms with Crippen molar-refractivity contribution in [2.75, 3.05) is 26.2 Å². The van der Waals surface area contributed by atoms with Gasteiger partial charge in [-0.15, -0.1) is 0 Å². The van der Waals surface area contributed by atoms with Gasteiger partial charge < -0.3 is 9.64 Å². The normalized spacial score (nSPS) is 11.0. The van der Waals surface area contributed by atoms with Gasteiger partial charge in [0, 0.05) is 6.54 Å². The number of rotatable bonds is 7. The van der Waals surface area contributed by atoms with Crippen LogP contribution in [0.5, 0.6) is 6.01 Å². The first-order valence-corrected chi connectivity index (χ1v) is 6.72. The molecule has 0 N–H and O–H groups in total. The Bertz CT molecular complexity index is 530. The molecule has 0 fully saturated rings. The van der Waals surface area contributed by atoms with E-state index in [9.17, 15) is 0 Å². The summed E-state index contributed by atoms with van der Waals surface area (Å²) in [7, 11) is 0. The van der Waals surface area contributed by atoms with Gasteiger partial charge in [0.25, 0.3) is 5.95 Å². The smallest absolute Gasteiger partial charge is 0.322 e. The first-order chi connectivity index (χ1) is 9.72. The van der Waals surface area contributed by atoms with Crippen LogP contribution in [0.3, 0.4) is 0 Å². The Labute approximate surface area is 121 Å². The third-order valence-electron chi connectivity index (χ3n) is 2.73. The highest BCUT2D eigenvalue weighted by molar-refractivity contribution is 6.28. The van der Waals surface area contributed by atoms with Crippen LogP contribution in [-0.4, -0.2) is 60.9 Å². The van der Waals surface area contributed by atoms with Crippen molar-refractivity contribution in [2.24, 2.45) is 0 Å². The van der Waals surface area contributed by atoms with Crippen LogP contribution >= 0.6 is 11.6 Å². The fraction of sp³-hybridized carbons (Fsp3) is 0.545. The zero-order valence-electron chi connectivity index (χ0n) is 11.4. The number of halogens is 1. The molecule has 0 aliphatic heterocycles. The SMILES string of the molecule is CCN(CC)CCOc1nc(Cl)nc(-n2cncn2)n1. The number of aromatic nitrogens is 6. The number of hydrogen-bond acceptors (Lipinski definition) is 7. The lowest BCUT2D eigenvalue weighted by molar-refractivity contribution is 0.212. The van der Waals surface area contributed by atoms with Crippen LogP contribution in [0.15, 0.2) is 12.7 Å². The first-order valence-electron chi connectivity index (χ1n) is 6.34. The second-order valence-corrected chi connectivity index (χ2v) is 4.24. The third kappa shape index (κ3) is 3.84. The quantitative estimate of drug-likeness (QED) is 0.748. The zero-order chi connectivity index (χ0) is 14.4. The molecule has 0 radical (unpaired) electrons. The summed E-state index contributed by atoms with van der Waals surface area (Å²) in [6.45, 7) is 7.44. The van der Waals surface area contributed by atoms with Gasteiger partial charge in [0.15, 0.2) is 0 Å². The molecule has 0 aliphatic rings. The Hall–Kier alpha value is -1.80. The van der Waals surface area contributed by atoms with E-state index < -0.39 is 0 Å². The van der Waals surface area contributed by atoms with Crippen LogP contribution in [0.4, 0.5) is 0 Å². The summed E-state index contributed by atoms with van der Waals surface area (Å²) in [6.07, 6.45) is 2.87. The molecule has 2 heterocycles. The molecule has 2 rings (SSSR count). The van der Waals surface area contributed by atoms with Crippen LogP contribution in [0.25, 0.3) is 5.95 Å². The number of likely N-dealkylation sites (N-methyl/N-ethyl adjacent to an activating group) is 1. The van der Waals surface area contributed by atoms with E-state index in [-0.39, 0.29) is 17.2 Å². The minimum absolute atomic E-state index is 0.0586. The number of nitrogens with zero attached hydrogens (tertiary/aromatic N) is 7. The highest BCUT2D eigenvalue weighted by Crippen LogP contribution is 2.10. The van der Waals surface area contributed by atoms with Crippen molar-refractivity contribution >= 4 is 11.6 Å². The Morgan fingerprint density at radius 3 is 2.70 bits per heavy atom. The molecule has 0 amide bonds. The molecule has 9 heteroatoms. The molecule has 0 aromatic carbocycles. The lowest BCUT2D eigenvalue weighted by Crippen LogP contribution is -2.28. The monoisotopic (exact) mass is 297 g/mol. The summed E-state index contributed by atoms with van der Waals surface area (Å²) in [6, 6.07) is 0.183. The van der Waals surface area contributed by atoms with Crippen LogP contribution < -0.4 is 4.74 Å². The number of ether oxygens (including phenoxy) is 1. The van der Waals surface area contributed by atoms with Crippen molar-refractivity contribution < 1.29 is 4.74 Å². The molecule has 0 spiro atoms. The van der Waals surface area contributed by atoms with Gasteiger partial charge in [-0.05, 0) is 24.7 Å². The van der Waals surface area contributed by atoms with Crippen molar-refractivity contribution in [3.8, 4) is 12.0 Å². The van der Waals surface area contributed by atoms with Crippen molar-refractivity contribution in [2.45, 2.75) is 13.8 Å². The Morgan fingerprint density at radius 2 is 2.05 bits per heavy atom. The van der Waals surface area contributed by atoms with E-state index in [1.165, 1.54) is 17.3 Å². The molecule has 0 saturated heterocycles. The summed E-state index contributed by atoms with van der Waals surface area (Å²) >= 11 is 5.85. The Morgan fingerprint density at radius 1 is 1.25 bits per heavy atom. The van der Waals surface area contributed by atoms with E-state index >= 15 is 0 Å². The van der Waals surface area contributed by atoms with Gasteiger partial charge >= 0.3 is 6.01 Å². The lowest BCUT2D eigenvalue weighted by atomic mass is 10.5. The third-order valence-corrected chi connectivity index (χ3v) is 2.90. The molecular weight excluding hydrogens is 282 g/mol. The zero-order valence-corrected chi connectivity index (χ0v) is 12.2. The minimum atomic E-state index is 0.0586. The van der Waals surface area contributed by atoms with Crippen LogP contribution in [0, 0.1) is 0 Å². The average Bonchev–Trinajstić information content (AvgIpc) is 2.97. The summed E-state index contributed by atoms with van der Waals surface area (Å²) in [5, 5.41) is 3.99. The summed E-state index contributed by atoms with van der Waals surface area (Å²) < 4.78 is 6.90. The van der Waals surface area contributed by atoms with Gasteiger partial charge in [0.1, 0.15) is 19.3 Å².